The molecule has 0 atom stereocenters. The number of carbonyl (C=O) groups excluding carboxylic acids is 2. The molecule has 1 aromatic heterocycles. The minimum atomic E-state index is -0.442. The van der Waals surface area contributed by atoms with Crippen molar-refractivity contribution in [2.75, 3.05) is 37.6 Å². The van der Waals surface area contributed by atoms with Gasteiger partial charge in [0.1, 0.15) is 12.9 Å². The summed E-state index contributed by atoms with van der Waals surface area (Å²) < 4.78 is 4.97. The van der Waals surface area contributed by atoms with Gasteiger partial charge in [-0.2, -0.15) is 0 Å². The number of hydrogen-bond donors (Lipinski definition) is 2. The van der Waals surface area contributed by atoms with Crippen molar-refractivity contribution in [2.24, 2.45) is 5.16 Å². The molecule has 0 saturated heterocycles. The first-order valence-electron chi connectivity index (χ1n) is 10.5. The standard InChI is InChI=1S/C24H25N5O4/c1-15-25-19-12-13-29(21-7-5-4-6-18(21)22(19)26-15)24(31)16-8-10-17(11-9-16)27-23(30)20(14-32-2)28-33-3/h4-11H,12-14H2,1-3H3,(H,25,26)(H,27,30). The van der Waals surface area contributed by atoms with Crippen LogP contribution in [0.15, 0.2) is 53.7 Å². The first-order valence-corrected chi connectivity index (χ1v) is 10.5. The molecule has 4 rings (SSSR count). The Bertz CT molecular complexity index is 1200. The lowest BCUT2D eigenvalue weighted by Crippen LogP contribution is -2.32. The van der Waals surface area contributed by atoms with Crippen LogP contribution >= 0.6 is 0 Å². The monoisotopic (exact) mass is 447 g/mol. The number of oxime groups is 1. The van der Waals surface area contributed by atoms with Crippen LogP contribution in [0.25, 0.3) is 11.3 Å². The van der Waals surface area contributed by atoms with Crippen molar-refractivity contribution in [1.82, 2.24) is 9.97 Å². The van der Waals surface area contributed by atoms with E-state index in [0.29, 0.717) is 24.2 Å². The van der Waals surface area contributed by atoms with Gasteiger partial charge in [0.2, 0.25) is 0 Å². The topological polar surface area (TPSA) is 109 Å². The smallest absolute Gasteiger partial charge is 0.275 e. The van der Waals surface area contributed by atoms with Gasteiger partial charge in [-0.1, -0.05) is 23.4 Å². The van der Waals surface area contributed by atoms with Crippen LogP contribution in [-0.4, -0.2) is 54.9 Å². The van der Waals surface area contributed by atoms with E-state index >= 15 is 0 Å². The summed E-state index contributed by atoms with van der Waals surface area (Å²) in [6.45, 7) is 2.47. The van der Waals surface area contributed by atoms with Crippen molar-refractivity contribution in [3.63, 3.8) is 0 Å². The van der Waals surface area contributed by atoms with E-state index in [-0.39, 0.29) is 18.2 Å². The van der Waals surface area contributed by atoms with Crippen LogP contribution in [0.5, 0.6) is 0 Å². The van der Waals surface area contributed by atoms with Gasteiger partial charge in [-0.3, -0.25) is 9.59 Å². The fourth-order valence-electron chi connectivity index (χ4n) is 3.84. The third-order valence-electron chi connectivity index (χ3n) is 5.31. The van der Waals surface area contributed by atoms with Crippen LogP contribution < -0.4 is 10.2 Å². The van der Waals surface area contributed by atoms with E-state index in [1.807, 2.05) is 31.2 Å². The number of para-hydroxylation sites is 1. The minimum Gasteiger partial charge on any atom is -0.399 e. The SMILES string of the molecule is COCC(=NOC)C(=O)Nc1ccc(C(=O)N2CCc3[nH]c(C)nc3-c3ccccc32)cc1. The summed E-state index contributed by atoms with van der Waals surface area (Å²) in [7, 11) is 2.83. The molecule has 1 aliphatic rings. The number of aryl methyl sites for hydroxylation is 1. The van der Waals surface area contributed by atoms with Gasteiger partial charge in [0.05, 0.1) is 18.0 Å². The summed E-state index contributed by atoms with van der Waals surface area (Å²) in [6, 6.07) is 14.5. The highest BCUT2D eigenvalue weighted by atomic mass is 16.6. The molecule has 2 amide bonds. The van der Waals surface area contributed by atoms with Crippen molar-refractivity contribution in [3.05, 3.63) is 65.6 Å². The van der Waals surface area contributed by atoms with Crippen molar-refractivity contribution in [3.8, 4) is 11.3 Å². The lowest BCUT2D eigenvalue weighted by atomic mass is 10.1. The van der Waals surface area contributed by atoms with Crippen molar-refractivity contribution < 1.29 is 19.2 Å². The number of H-pyrrole nitrogens is 1. The number of aromatic nitrogens is 2. The Hall–Kier alpha value is -3.98. The predicted molar refractivity (Wildman–Crippen MR) is 126 cm³/mol. The van der Waals surface area contributed by atoms with Crippen LogP contribution in [0, 0.1) is 6.92 Å². The summed E-state index contributed by atoms with van der Waals surface area (Å²) in [4.78, 5) is 40.2. The summed E-state index contributed by atoms with van der Waals surface area (Å²) in [5, 5.41) is 6.41. The van der Waals surface area contributed by atoms with E-state index in [2.05, 4.69) is 25.3 Å². The number of fused-ring (bicyclic) bond motifs is 3. The first-order chi connectivity index (χ1) is 16.0. The van der Waals surface area contributed by atoms with Gasteiger partial charge in [0, 0.05) is 42.6 Å². The molecule has 0 aliphatic carbocycles. The fourth-order valence-corrected chi connectivity index (χ4v) is 3.84. The maximum Gasteiger partial charge on any atom is 0.275 e. The Morgan fingerprint density at radius 3 is 2.64 bits per heavy atom. The molecule has 33 heavy (non-hydrogen) atoms. The largest absolute Gasteiger partial charge is 0.399 e. The van der Waals surface area contributed by atoms with Gasteiger partial charge in [0.25, 0.3) is 11.8 Å². The number of methoxy groups -OCH3 is 1. The van der Waals surface area contributed by atoms with Crippen LogP contribution in [0.3, 0.4) is 0 Å². The lowest BCUT2D eigenvalue weighted by Gasteiger charge is -2.23. The molecular formula is C24H25N5O4. The Labute approximate surface area is 191 Å². The summed E-state index contributed by atoms with van der Waals surface area (Å²) in [5.74, 6) is 0.294. The molecule has 0 radical (unpaired) electrons. The fraction of sp³-hybridized carbons (Fsp3) is 0.250. The number of rotatable bonds is 6. The van der Waals surface area contributed by atoms with E-state index in [9.17, 15) is 9.59 Å². The molecule has 2 aromatic carbocycles. The second kappa shape index (κ2) is 9.66. The second-order valence-corrected chi connectivity index (χ2v) is 7.56. The van der Waals surface area contributed by atoms with Crippen molar-refractivity contribution >= 4 is 28.9 Å². The highest BCUT2D eigenvalue weighted by Gasteiger charge is 2.26. The van der Waals surface area contributed by atoms with E-state index in [0.717, 1.165) is 28.5 Å². The van der Waals surface area contributed by atoms with Gasteiger partial charge in [-0.15, -0.1) is 0 Å². The molecule has 2 N–H and O–H groups in total. The third-order valence-corrected chi connectivity index (χ3v) is 5.31. The molecule has 170 valence electrons. The van der Waals surface area contributed by atoms with Gasteiger partial charge < -0.3 is 24.8 Å². The number of anilines is 2. The maximum atomic E-state index is 13.4. The van der Waals surface area contributed by atoms with Crippen LogP contribution in [0.1, 0.15) is 21.9 Å². The molecule has 9 heteroatoms. The average molecular weight is 447 g/mol. The number of ether oxygens (including phenoxy) is 1. The number of carbonyl (C=O) groups is 2. The van der Waals surface area contributed by atoms with Crippen molar-refractivity contribution in [1.29, 1.82) is 0 Å². The molecule has 9 nitrogen and oxygen atoms in total. The third kappa shape index (κ3) is 4.63. The zero-order valence-corrected chi connectivity index (χ0v) is 18.7. The Morgan fingerprint density at radius 1 is 1.15 bits per heavy atom. The lowest BCUT2D eigenvalue weighted by molar-refractivity contribution is -0.110. The van der Waals surface area contributed by atoms with E-state index < -0.39 is 5.91 Å². The van der Waals surface area contributed by atoms with Gasteiger partial charge in [-0.05, 0) is 37.3 Å². The number of nitrogens with zero attached hydrogens (tertiary/aromatic N) is 3. The Kier molecular flexibility index (Phi) is 6.50. The molecular weight excluding hydrogens is 422 g/mol. The molecule has 2 heterocycles. The molecule has 3 aromatic rings. The summed E-state index contributed by atoms with van der Waals surface area (Å²) in [6.07, 6.45) is 0.672. The number of imidazole rings is 1. The minimum absolute atomic E-state index is 0.0149. The Morgan fingerprint density at radius 2 is 1.91 bits per heavy atom. The first kappa shape index (κ1) is 22.2. The second-order valence-electron chi connectivity index (χ2n) is 7.56. The molecule has 1 aliphatic heterocycles. The number of hydrogen-bond acceptors (Lipinski definition) is 6. The zero-order chi connectivity index (χ0) is 23.4. The summed E-state index contributed by atoms with van der Waals surface area (Å²) >= 11 is 0. The van der Waals surface area contributed by atoms with Crippen LogP contribution in [-0.2, 0) is 20.8 Å². The molecule has 0 unspecified atom stereocenters. The van der Waals surface area contributed by atoms with Gasteiger partial charge >= 0.3 is 0 Å². The Balaban J connectivity index is 1.55. The average Bonchev–Trinajstić information content (AvgIpc) is 3.12. The quantitative estimate of drug-likeness (QED) is 0.446. The normalized spacial score (nSPS) is 13.1. The zero-order valence-electron chi connectivity index (χ0n) is 18.7. The molecule has 0 spiro atoms. The summed E-state index contributed by atoms with van der Waals surface area (Å²) in [5.41, 5.74) is 4.81. The predicted octanol–water partition coefficient (Wildman–Crippen LogP) is 3.18. The van der Waals surface area contributed by atoms with Gasteiger partial charge in [0.15, 0.2) is 5.71 Å². The van der Waals surface area contributed by atoms with Crippen LogP contribution in [0.2, 0.25) is 0 Å². The molecule has 0 fully saturated rings. The molecule has 0 saturated carbocycles. The number of nitrogens with one attached hydrogen (secondary N) is 2. The van der Waals surface area contributed by atoms with Crippen molar-refractivity contribution in [2.45, 2.75) is 13.3 Å². The van der Waals surface area contributed by atoms with E-state index in [1.54, 1.807) is 29.2 Å². The maximum absolute atomic E-state index is 13.4. The van der Waals surface area contributed by atoms with E-state index in [4.69, 9.17) is 4.74 Å². The number of benzene rings is 2. The highest BCUT2D eigenvalue weighted by Crippen LogP contribution is 2.35. The van der Waals surface area contributed by atoms with Gasteiger partial charge in [-0.25, -0.2) is 4.98 Å². The number of amides is 2. The highest BCUT2D eigenvalue weighted by molar-refractivity contribution is 6.43. The van der Waals surface area contributed by atoms with Crippen LogP contribution in [0.4, 0.5) is 11.4 Å². The molecule has 0 bridgehead atoms. The number of aromatic amines is 1. The van der Waals surface area contributed by atoms with E-state index in [1.165, 1.54) is 14.2 Å².